The summed E-state index contributed by atoms with van der Waals surface area (Å²) >= 11 is 0. The van der Waals surface area contributed by atoms with E-state index in [-0.39, 0.29) is 16.4 Å². The lowest BCUT2D eigenvalue weighted by molar-refractivity contribution is -0.757. The van der Waals surface area contributed by atoms with Gasteiger partial charge in [0, 0.05) is 55.0 Å². The van der Waals surface area contributed by atoms with Crippen LogP contribution in [0, 0.1) is 0 Å². The van der Waals surface area contributed by atoms with Gasteiger partial charge in [-0.3, -0.25) is 0 Å². The van der Waals surface area contributed by atoms with Crippen LogP contribution in [-0.2, 0) is 22.9 Å². The highest BCUT2D eigenvalue weighted by Crippen LogP contribution is 2.50. The van der Waals surface area contributed by atoms with Crippen molar-refractivity contribution in [2.24, 2.45) is 0 Å². The lowest BCUT2D eigenvalue weighted by atomic mass is 9.70. The zero-order chi connectivity index (χ0) is 41.1. The number of hydrogen-bond acceptors (Lipinski definition) is 0. The van der Waals surface area contributed by atoms with E-state index in [1.54, 1.807) is 0 Å². The van der Waals surface area contributed by atoms with E-state index in [1.165, 1.54) is 78.1 Å². The number of rotatable bonds is 6. The van der Waals surface area contributed by atoms with Crippen LogP contribution in [0.4, 0.5) is 0 Å². The first-order chi connectivity index (χ1) is 28.4. The molecule has 0 spiro atoms. The maximum atomic E-state index is 2.62. The van der Waals surface area contributed by atoms with Crippen LogP contribution in [0.25, 0.3) is 55.9 Å². The maximum absolute atomic E-state index is 2.62. The minimum atomic E-state index is 0.0228. The summed E-state index contributed by atoms with van der Waals surface area (Å²) in [6.45, 7) is 19.5. The second kappa shape index (κ2) is 14.9. The second-order valence-electron chi connectivity index (χ2n) is 19.4. The molecule has 0 amide bonds. The van der Waals surface area contributed by atoms with E-state index in [1.807, 2.05) is 0 Å². The van der Waals surface area contributed by atoms with Crippen LogP contribution < -0.4 is 9.13 Å². The van der Waals surface area contributed by atoms with Crippen molar-refractivity contribution < 1.29 is 9.13 Å². The van der Waals surface area contributed by atoms with Gasteiger partial charge in [0.25, 0.3) is 0 Å². The summed E-state index contributed by atoms with van der Waals surface area (Å²) in [6.07, 6.45) is 7.93. The molecular weight excluding hydrogens is 713 g/mol. The van der Waals surface area contributed by atoms with E-state index in [2.05, 4.69) is 223 Å². The molecule has 2 heteroatoms. The van der Waals surface area contributed by atoms with Crippen LogP contribution in [0.1, 0.15) is 109 Å². The van der Waals surface area contributed by atoms with Crippen molar-refractivity contribution in [3.05, 3.63) is 180 Å². The summed E-state index contributed by atoms with van der Waals surface area (Å²) in [6, 6.07) is 55.9. The standard InChI is InChI=1S/C57H60N2/c1-9-57(10-2)37-51(47-17-11-12-18-49(47)54-20-14-16-32-59(54)57)52-38-58-31-15-13-19-53(58)50-36-41(25-30-48(50)52)44-34-42(39-21-26-45(27-22-39)55(3,4)5)33-43(35-44)40-23-28-46(29-24-40)56(6,7)8/h11-36,51-52H,9-10,37-38H2,1-8H3/q+2. The van der Waals surface area contributed by atoms with Gasteiger partial charge in [-0.05, 0) is 109 Å². The van der Waals surface area contributed by atoms with Gasteiger partial charge in [-0.1, -0.05) is 134 Å². The summed E-state index contributed by atoms with van der Waals surface area (Å²) in [5.74, 6) is 0.663. The van der Waals surface area contributed by atoms with E-state index in [0.29, 0.717) is 11.8 Å². The normalized spacial score (nSPS) is 16.9. The van der Waals surface area contributed by atoms with Crippen molar-refractivity contribution in [3.8, 4) is 55.9 Å². The minimum Gasteiger partial charge on any atom is -0.198 e. The molecule has 0 N–H and O–H groups in total. The Morgan fingerprint density at radius 2 is 0.983 bits per heavy atom. The molecule has 0 radical (unpaired) electrons. The summed E-state index contributed by atoms with van der Waals surface area (Å²) in [5, 5.41) is 0. The maximum Gasteiger partial charge on any atom is 0.213 e. The number of benzene rings is 5. The molecule has 4 heterocycles. The van der Waals surface area contributed by atoms with E-state index >= 15 is 0 Å². The second-order valence-corrected chi connectivity index (χ2v) is 19.4. The van der Waals surface area contributed by atoms with Crippen LogP contribution in [0.15, 0.2) is 158 Å². The lowest BCUT2D eigenvalue weighted by Crippen LogP contribution is -2.57. The van der Waals surface area contributed by atoms with Gasteiger partial charge in [-0.25, -0.2) is 0 Å². The monoisotopic (exact) mass is 772 g/mol. The minimum absolute atomic E-state index is 0.0228. The van der Waals surface area contributed by atoms with Crippen molar-refractivity contribution >= 4 is 0 Å². The molecule has 59 heavy (non-hydrogen) atoms. The highest BCUT2D eigenvalue weighted by molar-refractivity contribution is 5.83. The summed E-state index contributed by atoms with van der Waals surface area (Å²) < 4.78 is 5.15. The Hall–Kier alpha value is -5.60. The zero-order valence-electron chi connectivity index (χ0n) is 36.4. The third kappa shape index (κ3) is 7.05. The van der Waals surface area contributed by atoms with E-state index < -0.39 is 0 Å². The predicted octanol–water partition coefficient (Wildman–Crippen LogP) is 14.0. The fourth-order valence-electron chi connectivity index (χ4n) is 10.3. The molecule has 5 aromatic carbocycles. The molecular formula is C57H60N2+2. The average molecular weight is 773 g/mol. The molecule has 0 fully saturated rings. The molecule has 2 unspecified atom stereocenters. The van der Waals surface area contributed by atoms with Gasteiger partial charge in [-0.15, -0.1) is 0 Å². The Balaban J connectivity index is 1.20. The Bertz CT molecular complexity index is 2570. The topological polar surface area (TPSA) is 7.76 Å². The van der Waals surface area contributed by atoms with Gasteiger partial charge < -0.3 is 0 Å². The Kier molecular flexibility index (Phi) is 9.82. The van der Waals surface area contributed by atoms with Crippen molar-refractivity contribution in [3.63, 3.8) is 0 Å². The molecule has 0 saturated heterocycles. The summed E-state index contributed by atoms with van der Waals surface area (Å²) in [4.78, 5) is 0. The third-order valence-electron chi connectivity index (χ3n) is 13.9. The lowest BCUT2D eigenvalue weighted by Gasteiger charge is -2.34. The van der Waals surface area contributed by atoms with Gasteiger partial charge >= 0.3 is 0 Å². The molecule has 0 saturated carbocycles. The van der Waals surface area contributed by atoms with Gasteiger partial charge in [0.15, 0.2) is 24.5 Å². The van der Waals surface area contributed by atoms with Gasteiger partial charge in [-0.2, -0.15) is 9.13 Å². The van der Waals surface area contributed by atoms with Crippen molar-refractivity contribution in [2.75, 3.05) is 0 Å². The van der Waals surface area contributed by atoms with Gasteiger partial charge in [0.2, 0.25) is 11.4 Å². The zero-order valence-corrected chi connectivity index (χ0v) is 36.4. The van der Waals surface area contributed by atoms with E-state index in [0.717, 1.165) is 25.8 Å². The Morgan fingerprint density at radius 1 is 0.475 bits per heavy atom. The number of fused-ring (bicyclic) bond motifs is 6. The smallest absolute Gasteiger partial charge is 0.198 e. The van der Waals surface area contributed by atoms with Crippen LogP contribution in [0.3, 0.4) is 0 Å². The number of hydrogen-bond donors (Lipinski definition) is 0. The molecule has 2 aliphatic rings. The van der Waals surface area contributed by atoms with E-state index in [9.17, 15) is 0 Å². The van der Waals surface area contributed by atoms with Crippen LogP contribution in [0.2, 0.25) is 0 Å². The highest BCUT2D eigenvalue weighted by atomic mass is 15.1. The number of nitrogens with zero attached hydrogens (tertiary/aromatic N) is 2. The van der Waals surface area contributed by atoms with Crippen LogP contribution >= 0.6 is 0 Å². The van der Waals surface area contributed by atoms with Crippen LogP contribution in [0.5, 0.6) is 0 Å². The summed E-state index contributed by atoms with van der Waals surface area (Å²) in [7, 11) is 0. The molecule has 2 nitrogen and oxygen atoms in total. The first kappa shape index (κ1) is 38.9. The SMILES string of the molecule is CCC1(CC)CC(C2C[n+]3ccccc3-c3cc(-c4cc(-c5ccc(C(C)(C)C)cc5)cc(-c5ccc(C(C)(C)C)cc5)c4)ccc32)c2ccccc2-c2cccc[n+]21. The molecule has 2 aliphatic heterocycles. The third-order valence-corrected chi connectivity index (χ3v) is 13.9. The quantitative estimate of drug-likeness (QED) is 0.149. The molecule has 0 bridgehead atoms. The largest absolute Gasteiger partial charge is 0.213 e. The fraction of sp³-hybridized carbons (Fsp3) is 0.298. The first-order valence-electron chi connectivity index (χ1n) is 22.0. The Labute approximate surface area is 353 Å². The van der Waals surface area contributed by atoms with Gasteiger partial charge in [0.05, 0.1) is 11.5 Å². The highest BCUT2D eigenvalue weighted by Gasteiger charge is 2.48. The average Bonchev–Trinajstić information content (AvgIpc) is 3.38. The van der Waals surface area contributed by atoms with Gasteiger partial charge in [0.1, 0.15) is 0 Å². The summed E-state index contributed by atoms with van der Waals surface area (Å²) in [5.41, 5.74) is 18.7. The number of aromatic nitrogens is 2. The Morgan fingerprint density at radius 3 is 1.58 bits per heavy atom. The molecule has 9 rings (SSSR count). The van der Waals surface area contributed by atoms with Crippen LogP contribution in [-0.4, -0.2) is 0 Å². The molecule has 2 aromatic heterocycles. The molecule has 7 aromatic rings. The van der Waals surface area contributed by atoms with Crippen molar-refractivity contribution in [1.82, 2.24) is 0 Å². The molecule has 0 aliphatic carbocycles. The number of pyridine rings is 2. The predicted molar refractivity (Wildman–Crippen MR) is 247 cm³/mol. The van der Waals surface area contributed by atoms with Crippen molar-refractivity contribution in [1.29, 1.82) is 0 Å². The van der Waals surface area contributed by atoms with E-state index in [4.69, 9.17) is 0 Å². The first-order valence-corrected chi connectivity index (χ1v) is 22.0. The van der Waals surface area contributed by atoms with Crippen molar-refractivity contribution in [2.45, 2.75) is 109 Å². The fourth-order valence-corrected chi connectivity index (χ4v) is 10.3. The molecule has 296 valence electrons. The molecule has 2 atom stereocenters.